The molecular formula is C9H13BrN2S. The van der Waals surface area contributed by atoms with E-state index in [0.29, 0.717) is 6.04 Å². The molecule has 0 radical (unpaired) electrons. The van der Waals surface area contributed by atoms with E-state index in [9.17, 15) is 0 Å². The molecule has 1 saturated carbocycles. The summed E-state index contributed by atoms with van der Waals surface area (Å²) in [6, 6.07) is 0.637. The molecule has 1 aromatic rings. The molecule has 72 valence electrons. The number of nitrogens with zero attached hydrogens (tertiary/aromatic N) is 1. The lowest BCUT2D eigenvalue weighted by atomic mass is 10.1. The van der Waals surface area contributed by atoms with Crippen molar-refractivity contribution in [3.05, 3.63) is 9.98 Å². The summed E-state index contributed by atoms with van der Waals surface area (Å²) in [6.45, 7) is 2.31. The van der Waals surface area contributed by atoms with Crippen molar-refractivity contribution in [2.75, 3.05) is 5.32 Å². The van der Waals surface area contributed by atoms with Gasteiger partial charge in [-0.1, -0.05) is 24.7 Å². The van der Waals surface area contributed by atoms with Gasteiger partial charge in [-0.2, -0.15) is 0 Å². The molecule has 2 unspecified atom stereocenters. The van der Waals surface area contributed by atoms with Crippen LogP contribution in [0.1, 0.15) is 26.2 Å². The Kier molecular flexibility index (Phi) is 2.89. The van der Waals surface area contributed by atoms with Crippen molar-refractivity contribution < 1.29 is 0 Å². The maximum atomic E-state index is 4.27. The van der Waals surface area contributed by atoms with E-state index in [1.54, 1.807) is 11.3 Å². The Balaban J connectivity index is 1.97. The van der Waals surface area contributed by atoms with Crippen LogP contribution in [0.4, 0.5) is 5.13 Å². The minimum atomic E-state index is 0.637. The standard InChI is InChI=1S/C9H13BrN2S/c1-6-3-2-4-7(6)12-9-11-5-8(10)13-9/h5-7H,2-4H2,1H3,(H,11,12). The summed E-state index contributed by atoms with van der Waals surface area (Å²) < 4.78 is 1.10. The number of hydrogen-bond acceptors (Lipinski definition) is 3. The first kappa shape index (κ1) is 9.46. The number of hydrogen-bond donors (Lipinski definition) is 1. The van der Waals surface area contributed by atoms with Crippen LogP contribution in [0.2, 0.25) is 0 Å². The summed E-state index contributed by atoms with van der Waals surface area (Å²) in [6.07, 6.45) is 5.85. The van der Waals surface area contributed by atoms with Crippen LogP contribution in [0.3, 0.4) is 0 Å². The van der Waals surface area contributed by atoms with Crippen molar-refractivity contribution in [1.82, 2.24) is 4.98 Å². The monoisotopic (exact) mass is 260 g/mol. The van der Waals surface area contributed by atoms with Gasteiger partial charge in [0.05, 0.1) is 9.98 Å². The molecule has 0 amide bonds. The highest BCUT2D eigenvalue weighted by Crippen LogP contribution is 2.30. The summed E-state index contributed by atoms with van der Waals surface area (Å²) in [5, 5.41) is 4.54. The number of thiazole rings is 1. The van der Waals surface area contributed by atoms with E-state index < -0.39 is 0 Å². The molecule has 1 fully saturated rings. The molecule has 2 nitrogen and oxygen atoms in total. The summed E-state index contributed by atoms with van der Waals surface area (Å²) in [7, 11) is 0. The van der Waals surface area contributed by atoms with Crippen molar-refractivity contribution in [3.63, 3.8) is 0 Å². The normalized spacial score (nSPS) is 27.8. The maximum Gasteiger partial charge on any atom is 0.183 e. The molecule has 1 heterocycles. The quantitative estimate of drug-likeness (QED) is 0.881. The molecule has 1 aromatic heterocycles. The number of rotatable bonds is 2. The van der Waals surface area contributed by atoms with E-state index in [2.05, 4.69) is 33.2 Å². The van der Waals surface area contributed by atoms with Gasteiger partial charge in [-0.3, -0.25) is 0 Å². The third-order valence-corrected chi connectivity index (χ3v) is 4.06. The smallest absolute Gasteiger partial charge is 0.183 e. The lowest BCUT2D eigenvalue weighted by Crippen LogP contribution is -2.21. The van der Waals surface area contributed by atoms with Crippen LogP contribution in [-0.2, 0) is 0 Å². The molecule has 1 aliphatic rings. The SMILES string of the molecule is CC1CCCC1Nc1ncc(Br)s1. The third-order valence-electron chi connectivity index (χ3n) is 2.65. The van der Waals surface area contributed by atoms with Gasteiger partial charge in [0.1, 0.15) is 0 Å². The summed E-state index contributed by atoms with van der Waals surface area (Å²) in [4.78, 5) is 4.27. The molecule has 0 aliphatic heterocycles. The Morgan fingerprint density at radius 3 is 3.00 bits per heavy atom. The van der Waals surface area contributed by atoms with E-state index in [1.165, 1.54) is 19.3 Å². The Morgan fingerprint density at radius 2 is 2.46 bits per heavy atom. The van der Waals surface area contributed by atoms with Crippen LogP contribution in [-0.4, -0.2) is 11.0 Å². The molecule has 0 aromatic carbocycles. The van der Waals surface area contributed by atoms with Crippen molar-refractivity contribution in [1.29, 1.82) is 0 Å². The second-order valence-corrected chi connectivity index (χ2v) is 6.04. The van der Waals surface area contributed by atoms with Crippen LogP contribution in [0, 0.1) is 5.92 Å². The molecule has 1 aliphatic carbocycles. The molecule has 4 heteroatoms. The second-order valence-electron chi connectivity index (χ2n) is 3.63. The largest absolute Gasteiger partial charge is 0.358 e. The van der Waals surface area contributed by atoms with Crippen molar-refractivity contribution in [2.24, 2.45) is 5.92 Å². The molecular weight excluding hydrogens is 248 g/mol. The van der Waals surface area contributed by atoms with Gasteiger partial charge in [-0.05, 0) is 34.7 Å². The highest BCUT2D eigenvalue weighted by atomic mass is 79.9. The highest BCUT2D eigenvalue weighted by Gasteiger charge is 2.23. The first-order valence-electron chi connectivity index (χ1n) is 4.63. The van der Waals surface area contributed by atoms with Gasteiger partial charge in [0.25, 0.3) is 0 Å². The highest BCUT2D eigenvalue weighted by molar-refractivity contribution is 9.11. The van der Waals surface area contributed by atoms with Crippen LogP contribution in [0.25, 0.3) is 0 Å². The predicted octanol–water partition coefficient (Wildman–Crippen LogP) is 3.51. The average molecular weight is 261 g/mol. The molecule has 2 atom stereocenters. The summed E-state index contributed by atoms with van der Waals surface area (Å²) in [5.41, 5.74) is 0. The number of halogens is 1. The van der Waals surface area contributed by atoms with E-state index in [0.717, 1.165) is 14.8 Å². The van der Waals surface area contributed by atoms with Crippen molar-refractivity contribution in [3.8, 4) is 0 Å². The topological polar surface area (TPSA) is 24.9 Å². The molecule has 1 N–H and O–H groups in total. The van der Waals surface area contributed by atoms with Crippen molar-refractivity contribution in [2.45, 2.75) is 32.2 Å². The zero-order chi connectivity index (χ0) is 9.26. The van der Waals surface area contributed by atoms with Gasteiger partial charge in [0, 0.05) is 6.04 Å². The zero-order valence-electron chi connectivity index (χ0n) is 7.59. The van der Waals surface area contributed by atoms with Crippen molar-refractivity contribution >= 4 is 32.4 Å². The number of anilines is 1. The van der Waals surface area contributed by atoms with Crippen LogP contribution in [0.5, 0.6) is 0 Å². The van der Waals surface area contributed by atoms with Crippen LogP contribution in [0.15, 0.2) is 9.98 Å². The van der Waals surface area contributed by atoms with E-state index in [-0.39, 0.29) is 0 Å². The fourth-order valence-electron chi connectivity index (χ4n) is 1.84. The van der Waals surface area contributed by atoms with Gasteiger partial charge in [0.15, 0.2) is 5.13 Å². The summed E-state index contributed by atoms with van der Waals surface area (Å²) in [5.74, 6) is 0.794. The lowest BCUT2D eigenvalue weighted by Gasteiger charge is -2.15. The molecule has 0 saturated heterocycles. The first-order chi connectivity index (χ1) is 6.25. The number of aromatic nitrogens is 1. The van der Waals surface area contributed by atoms with Gasteiger partial charge >= 0.3 is 0 Å². The van der Waals surface area contributed by atoms with Gasteiger partial charge < -0.3 is 5.32 Å². The molecule has 0 spiro atoms. The fourth-order valence-corrected chi connectivity index (χ4v) is 3.01. The van der Waals surface area contributed by atoms with Gasteiger partial charge in [-0.15, -0.1) is 0 Å². The third kappa shape index (κ3) is 2.23. The minimum Gasteiger partial charge on any atom is -0.358 e. The van der Waals surface area contributed by atoms with Gasteiger partial charge in [-0.25, -0.2) is 4.98 Å². The summed E-state index contributed by atoms with van der Waals surface area (Å²) >= 11 is 5.08. The first-order valence-corrected chi connectivity index (χ1v) is 6.24. The average Bonchev–Trinajstić information content (AvgIpc) is 2.64. The zero-order valence-corrected chi connectivity index (χ0v) is 9.99. The Bertz CT molecular complexity index is 287. The predicted molar refractivity (Wildman–Crippen MR) is 60.2 cm³/mol. The minimum absolute atomic E-state index is 0.637. The van der Waals surface area contributed by atoms with E-state index in [4.69, 9.17) is 0 Å². The Morgan fingerprint density at radius 1 is 1.62 bits per heavy atom. The van der Waals surface area contributed by atoms with Crippen LogP contribution < -0.4 is 5.32 Å². The molecule has 2 rings (SSSR count). The van der Waals surface area contributed by atoms with E-state index >= 15 is 0 Å². The maximum absolute atomic E-state index is 4.27. The molecule has 0 bridgehead atoms. The molecule has 13 heavy (non-hydrogen) atoms. The number of nitrogens with one attached hydrogen (secondary N) is 1. The lowest BCUT2D eigenvalue weighted by molar-refractivity contribution is 0.556. The Labute approximate surface area is 90.9 Å². The van der Waals surface area contributed by atoms with Crippen LogP contribution >= 0.6 is 27.3 Å². The van der Waals surface area contributed by atoms with E-state index in [1.807, 2.05) is 6.20 Å². The Hall–Kier alpha value is -0.0900. The fraction of sp³-hybridized carbons (Fsp3) is 0.667. The second kappa shape index (κ2) is 3.96. The van der Waals surface area contributed by atoms with Gasteiger partial charge in [0.2, 0.25) is 0 Å².